The van der Waals surface area contributed by atoms with E-state index in [4.69, 9.17) is 21.4 Å². The van der Waals surface area contributed by atoms with Crippen molar-refractivity contribution in [1.29, 1.82) is 0 Å². The number of hydrogen-bond acceptors (Lipinski definition) is 5. The first-order valence-corrected chi connectivity index (χ1v) is 9.02. The van der Waals surface area contributed by atoms with Crippen molar-refractivity contribution in [3.05, 3.63) is 63.2 Å². The van der Waals surface area contributed by atoms with Gasteiger partial charge in [0.2, 0.25) is 0 Å². The minimum Gasteiger partial charge on any atom is -0.376 e. The molecule has 3 N–H and O–H groups in total. The van der Waals surface area contributed by atoms with Gasteiger partial charge >= 0.3 is 7.60 Å². The molecule has 23 heavy (non-hydrogen) atoms. The molecule has 4 rings (SSSR count). The molecule has 0 saturated heterocycles. The Bertz CT molecular complexity index is 776. The highest BCUT2D eigenvalue weighted by Crippen LogP contribution is 2.51. The van der Waals surface area contributed by atoms with Gasteiger partial charge in [0.05, 0.1) is 15.5 Å². The predicted molar refractivity (Wildman–Crippen MR) is 85.7 cm³/mol. The average Bonchev–Trinajstić information content (AvgIpc) is 2.54. The third-order valence-corrected chi connectivity index (χ3v) is 5.54. The van der Waals surface area contributed by atoms with Gasteiger partial charge in [-0.25, -0.2) is 0 Å². The van der Waals surface area contributed by atoms with E-state index >= 15 is 0 Å². The first-order valence-electron chi connectivity index (χ1n) is 6.15. The van der Waals surface area contributed by atoms with Gasteiger partial charge in [0.25, 0.3) is 5.69 Å². The molecule has 0 fully saturated rings. The SMILES string of the molecule is Clc1c2cccc1S2.O=[N+]([O-])c1ccccc1C(O)P(=O)(O)O. The number of nitro benzene ring substituents is 1. The highest BCUT2D eigenvalue weighted by Gasteiger charge is 2.33. The quantitative estimate of drug-likeness (QED) is 0.363. The number of para-hydroxylation sites is 1. The van der Waals surface area contributed by atoms with Gasteiger partial charge < -0.3 is 14.9 Å². The highest BCUT2D eigenvalue weighted by atomic mass is 35.5. The summed E-state index contributed by atoms with van der Waals surface area (Å²) in [6.07, 6.45) is 0. The van der Waals surface area contributed by atoms with Gasteiger partial charge in [-0.15, -0.1) is 0 Å². The summed E-state index contributed by atoms with van der Waals surface area (Å²) >= 11 is 7.50. The molecule has 2 bridgehead atoms. The van der Waals surface area contributed by atoms with E-state index in [-0.39, 0.29) is 0 Å². The number of aliphatic hydroxyl groups is 1. The van der Waals surface area contributed by atoms with Crippen molar-refractivity contribution in [3.8, 4) is 0 Å². The normalized spacial score (nSPS) is 13.4. The Morgan fingerprint density at radius 1 is 1.13 bits per heavy atom. The molecule has 0 radical (unpaired) electrons. The van der Waals surface area contributed by atoms with Crippen LogP contribution in [0, 0.1) is 10.1 Å². The monoisotopic (exact) mass is 375 g/mol. The molecule has 7 nitrogen and oxygen atoms in total. The molecule has 122 valence electrons. The van der Waals surface area contributed by atoms with Gasteiger partial charge in [-0.2, -0.15) is 0 Å². The zero-order valence-corrected chi connectivity index (χ0v) is 13.8. The number of benzene rings is 2. The molecule has 0 amide bonds. The zero-order valence-electron chi connectivity index (χ0n) is 11.4. The Balaban J connectivity index is 0.000000198. The molecular formula is C13H11ClNO6PS. The molecule has 0 aliphatic carbocycles. The van der Waals surface area contributed by atoms with E-state index in [1.54, 1.807) is 11.8 Å². The molecule has 2 aliphatic rings. The second-order valence-corrected chi connectivity index (χ2v) is 7.58. The zero-order chi connectivity index (χ0) is 17.2. The lowest BCUT2D eigenvalue weighted by Crippen LogP contribution is -2.02. The first kappa shape index (κ1) is 17.9. The summed E-state index contributed by atoms with van der Waals surface area (Å²) in [4.78, 5) is 29.5. The number of nitrogens with zero attached hydrogens (tertiary/aromatic N) is 1. The van der Waals surface area contributed by atoms with Crippen molar-refractivity contribution in [1.82, 2.24) is 0 Å². The summed E-state index contributed by atoms with van der Waals surface area (Å²) in [6.45, 7) is 0. The van der Waals surface area contributed by atoms with Crippen LogP contribution in [-0.2, 0) is 4.57 Å². The summed E-state index contributed by atoms with van der Waals surface area (Å²) in [5, 5.41) is 20.7. The number of halogens is 1. The van der Waals surface area contributed by atoms with E-state index in [0.717, 1.165) is 17.2 Å². The first-order chi connectivity index (χ1) is 10.7. The van der Waals surface area contributed by atoms with Gasteiger partial charge in [-0.1, -0.05) is 41.6 Å². The lowest BCUT2D eigenvalue weighted by Gasteiger charge is -2.15. The third-order valence-electron chi connectivity index (χ3n) is 2.88. The molecular weight excluding hydrogens is 365 g/mol. The van der Waals surface area contributed by atoms with E-state index in [2.05, 4.69) is 0 Å². The van der Waals surface area contributed by atoms with Gasteiger partial charge in [0.1, 0.15) is 0 Å². The van der Waals surface area contributed by atoms with Crippen molar-refractivity contribution in [3.63, 3.8) is 0 Å². The predicted octanol–water partition coefficient (Wildman–Crippen LogP) is 3.57. The van der Waals surface area contributed by atoms with Gasteiger partial charge in [-0.05, 0) is 18.2 Å². The molecule has 1 atom stereocenters. The fourth-order valence-corrected chi connectivity index (χ4v) is 3.49. The van der Waals surface area contributed by atoms with Crippen molar-refractivity contribution >= 4 is 36.6 Å². The molecule has 10 heteroatoms. The second kappa shape index (κ2) is 7.00. The fraction of sp³-hybridized carbons (Fsp3) is 0.0769. The number of hydrogen-bond donors (Lipinski definition) is 3. The van der Waals surface area contributed by atoms with Crippen LogP contribution < -0.4 is 0 Å². The van der Waals surface area contributed by atoms with Crippen molar-refractivity contribution in [2.24, 2.45) is 0 Å². The summed E-state index contributed by atoms with van der Waals surface area (Å²) in [5.41, 5.74) is -0.913. The van der Waals surface area contributed by atoms with Crippen LogP contribution in [-0.4, -0.2) is 19.8 Å². The molecule has 0 spiro atoms. The molecule has 2 aliphatic heterocycles. The number of nitro groups is 1. The van der Waals surface area contributed by atoms with Crippen LogP contribution in [0.4, 0.5) is 5.69 Å². The van der Waals surface area contributed by atoms with Crippen LogP contribution in [0.2, 0.25) is 5.02 Å². The standard InChI is InChI=1S/C7H8NO6P.C6H3ClS/c9-7(15(12,13)14)5-3-1-2-4-6(5)8(10)11;7-6-4-2-1-3-5(6)8-4/h1-4,7,9H,(H2,12,13,14);1-3H. The van der Waals surface area contributed by atoms with Gasteiger partial charge in [-0.3, -0.25) is 14.7 Å². The number of rotatable bonds is 3. The highest BCUT2D eigenvalue weighted by molar-refractivity contribution is 8.00. The topological polar surface area (TPSA) is 121 Å². The summed E-state index contributed by atoms with van der Waals surface area (Å²) < 4.78 is 10.7. The van der Waals surface area contributed by atoms with Crippen LogP contribution >= 0.6 is 31.0 Å². The molecule has 2 aromatic rings. The molecule has 0 saturated carbocycles. The molecule has 2 aromatic carbocycles. The third kappa shape index (κ3) is 4.11. The maximum Gasteiger partial charge on any atom is 0.358 e. The van der Waals surface area contributed by atoms with Crippen molar-refractivity contribution < 1.29 is 24.4 Å². The minimum atomic E-state index is -4.79. The van der Waals surface area contributed by atoms with Crippen molar-refractivity contribution in [2.75, 3.05) is 0 Å². The summed E-state index contributed by atoms with van der Waals surface area (Å²) in [7, 11) is -4.79. The molecule has 2 heterocycles. The van der Waals surface area contributed by atoms with Crippen LogP contribution in [0.25, 0.3) is 0 Å². The van der Waals surface area contributed by atoms with Crippen molar-refractivity contribution in [2.45, 2.75) is 15.6 Å². The van der Waals surface area contributed by atoms with Gasteiger partial charge in [0, 0.05) is 15.9 Å². The Hall–Kier alpha value is -1.41. The Kier molecular flexibility index (Phi) is 5.46. The number of fused-ring (bicyclic) bond motifs is 2. The molecule has 1 unspecified atom stereocenters. The average molecular weight is 376 g/mol. The van der Waals surface area contributed by atoms with E-state index < -0.39 is 29.6 Å². The molecule has 0 aromatic heterocycles. The number of aliphatic hydroxyl groups excluding tert-OH is 1. The smallest absolute Gasteiger partial charge is 0.358 e. The maximum absolute atomic E-state index is 10.7. The largest absolute Gasteiger partial charge is 0.376 e. The van der Waals surface area contributed by atoms with E-state index in [9.17, 15) is 19.8 Å². The second-order valence-electron chi connectivity index (χ2n) is 4.45. The van der Waals surface area contributed by atoms with Crippen LogP contribution in [0.15, 0.2) is 52.3 Å². The van der Waals surface area contributed by atoms with E-state index in [1.165, 1.54) is 21.9 Å². The fourth-order valence-electron chi connectivity index (χ4n) is 1.77. The van der Waals surface area contributed by atoms with E-state index in [1.807, 2.05) is 18.2 Å². The lowest BCUT2D eigenvalue weighted by atomic mass is 10.2. The summed E-state index contributed by atoms with van der Waals surface area (Å²) in [6, 6.07) is 10.9. The Morgan fingerprint density at radius 2 is 1.70 bits per heavy atom. The van der Waals surface area contributed by atoms with Crippen LogP contribution in [0.1, 0.15) is 11.4 Å². The maximum atomic E-state index is 10.7. The Morgan fingerprint density at radius 3 is 2.09 bits per heavy atom. The van der Waals surface area contributed by atoms with Crippen LogP contribution in [0.5, 0.6) is 0 Å². The summed E-state index contributed by atoms with van der Waals surface area (Å²) in [5.74, 6) is -2.17. The minimum absolute atomic E-state index is 0.393. The Labute approximate surface area is 140 Å². The van der Waals surface area contributed by atoms with Crippen LogP contribution in [0.3, 0.4) is 0 Å². The van der Waals surface area contributed by atoms with Gasteiger partial charge in [0.15, 0.2) is 5.85 Å². The van der Waals surface area contributed by atoms with E-state index in [0.29, 0.717) is 0 Å². The lowest BCUT2D eigenvalue weighted by molar-refractivity contribution is -0.386.